The van der Waals surface area contributed by atoms with Gasteiger partial charge in [-0.2, -0.15) is 0 Å². The molecule has 1 heterocycles. The van der Waals surface area contributed by atoms with Gasteiger partial charge in [-0.1, -0.05) is 32.0 Å². The molecular weight excluding hydrogens is 260 g/mol. The van der Waals surface area contributed by atoms with Gasteiger partial charge in [0, 0.05) is 43.5 Å². The van der Waals surface area contributed by atoms with Crippen LogP contribution < -0.4 is 5.32 Å². The molecule has 3 nitrogen and oxygen atoms in total. The van der Waals surface area contributed by atoms with Crippen LogP contribution in [0.5, 0.6) is 0 Å². The van der Waals surface area contributed by atoms with Gasteiger partial charge in [0.2, 0.25) is 0 Å². The van der Waals surface area contributed by atoms with Gasteiger partial charge in [-0.25, -0.2) is 0 Å². The van der Waals surface area contributed by atoms with Crippen LogP contribution in [-0.2, 0) is 11.3 Å². The molecule has 118 valence electrons. The van der Waals surface area contributed by atoms with Gasteiger partial charge in [-0.05, 0) is 31.7 Å². The normalized spacial score (nSPS) is 17.3. The summed E-state index contributed by atoms with van der Waals surface area (Å²) >= 11 is 0. The summed E-state index contributed by atoms with van der Waals surface area (Å²) in [7, 11) is 0. The van der Waals surface area contributed by atoms with Crippen molar-refractivity contribution in [3.63, 3.8) is 0 Å². The van der Waals surface area contributed by atoms with Gasteiger partial charge >= 0.3 is 0 Å². The summed E-state index contributed by atoms with van der Waals surface area (Å²) in [5, 5.41) is 3.73. The van der Waals surface area contributed by atoms with Gasteiger partial charge in [0.15, 0.2) is 0 Å². The molecule has 2 rings (SSSR count). The molecule has 0 saturated carbocycles. The van der Waals surface area contributed by atoms with Gasteiger partial charge in [-0.3, -0.25) is 0 Å². The zero-order chi connectivity index (χ0) is 15.1. The first-order chi connectivity index (χ1) is 10.2. The highest BCUT2D eigenvalue weighted by Crippen LogP contribution is 2.21. The molecule has 1 aliphatic heterocycles. The number of anilines is 1. The Morgan fingerprint density at radius 2 is 1.95 bits per heavy atom. The molecule has 0 atom stereocenters. The second kappa shape index (κ2) is 8.40. The largest absolute Gasteiger partial charge is 0.382 e. The molecule has 0 bridgehead atoms. The van der Waals surface area contributed by atoms with E-state index in [9.17, 15) is 0 Å². The second-order valence-corrected chi connectivity index (χ2v) is 6.41. The Morgan fingerprint density at radius 3 is 2.62 bits per heavy atom. The van der Waals surface area contributed by atoms with Crippen molar-refractivity contribution < 1.29 is 4.74 Å². The van der Waals surface area contributed by atoms with Gasteiger partial charge < -0.3 is 15.0 Å². The molecule has 0 aliphatic carbocycles. The lowest BCUT2D eigenvalue weighted by Crippen LogP contribution is -2.40. The quantitative estimate of drug-likeness (QED) is 0.827. The lowest BCUT2D eigenvalue weighted by Gasteiger charge is -2.34. The summed E-state index contributed by atoms with van der Waals surface area (Å²) in [6.45, 7) is 11.8. The number of para-hydroxylation sites is 1. The summed E-state index contributed by atoms with van der Waals surface area (Å²) in [5.74, 6) is 0.765. The fourth-order valence-corrected chi connectivity index (χ4v) is 3.00. The number of nitrogens with zero attached hydrogens (tertiary/aromatic N) is 1. The van der Waals surface area contributed by atoms with E-state index in [0.717, 1.165) is 12.5 Å². The van der Waals surface area contributed by atoms with E-state index in [4.69, 9.17) is 4.74 Å². The van der Waals surface area contributed by atoms with Crippen LogP contribution >= 0.6 is 0 Å². The average molecular weight is 290 g/mol. The zero-order valence-corrected chi connectivity index (χ0v) is 13.8. The van der Waals surface area contributed by atoms with Crippen LogP contribution in [0.1, 0.15) is 39.2 Å². The van der Waals surface area contributed by atoms with E-state index in [0.29, 0.717) is 12.6 Å². The summed E-state index contributed by atoms with van der Waals surface area (Å²) in [5.41, 5.74) is 2.51. The third kappa shape index (κ3) is 5.33. The van der Waals surface area contributed by atoms with E-state index in [1.807, 2.05) is 6.92 Å². The van der Waals surface area contributed by atoms with E-state index in [-0.39, 0.29) is 0 Å². The molecule has 21 heavy (non-hydrogen) atoms. The molecule has 1 aliphatic rings. The van der Waals surface area contributed by atoms with Crippen LogP contribution in [0.3, 0.4) is 0 Å². The smallest absolute Gasteiger partial charge is 0.0736 e. The minimum absolute atomic E-state index is 0.594. The minimum Gasteiger partial charge on any atom is -0.382 e. The van der Waals surface area contributed by atoms with Crippen molar-refractivity contribution in [3.05, 3.63) is 29.8 Å². The number of likely N-dealkylation sites (tertiary alicyclic amines) is 1. The number of piperidine rings is 1. The maximum absolute atomic E-state index is 5.56. The lowest BCUT2D eigenvalue weighted by molar-refractivity contribution is 0.134. The predicted molar refractivity (Wildman–Crippen MR) is 89.7 cm³/mol. The van der Waals surface area contributed by atoms with Gasteiger partial charge in [-0.15, -0.1) is 0 Å². The van der Waals surface area contributed by atoms with Gasteiger partial charge in [0.25, 0.3) is 0 Å². The number of rotatable bonds is 7. The van der Waals surface area contributed by atoms with Crippen molar-refractivity contribution in [2.45, 2.75) is 46.3 Å². The number of nitrogens with one attached hydrogen (secondary N) is 1. The zero-order valence-electron chi connectivity index (χ0n) is 13.8. The van der Waals surface area contributed by atoms with Gasteiger partial charge in [0.1, 0.15) is 0 Å². The first-order valence-corrected chi connectivity index (χ1v) is 8.33. The molecule has 0 aromatic heterocycles. The van der Waals surface area contributed by atoms with Crippen LogP contribution in [0.25, 0.3) is 0 Å². The van der Waals surface area contributed by atoms with Crippen LogP contribution in [0, 0.1) is 5.92 Å². The summed E-state index contributed by atoms with van der Waals surface area (Å²) < 4.78 is 5.56. The Hall–Kier alpha value is -1.06. The summed E-state index contributed by atoms with van der Waals surface area (Å²) in [4.78, 5) is 2.59. The number of hydrogen-bond acceptors (Lipinski definition) is 3. The standard InChI is InChI=1S/C18H30N2O/c1-4-21-14-16-7-5-6-8-18(16)19-17-9-11-20(12-10-17)13-15(2)3/h5-8,15,17,19H,4,9-14H2,1-3H3. The first-order valence-electron chi connectivity index (χ1n) is 8.33. The van der Waals surface area contributed by atoms with Crippen molar-refractivity contribution in [2.24, 2.45) is 5.92 Å². The Labute approximate surface area is 129 Å². The molecule has 1 N–H and O–H groups in total. The van der Waals surface area contributed by atoms with Crippen molar-refractivity contribution in [1.82, 2.24) is 4.90 Å². The molecule has 0 amide bonds. The molecule has 1 saturated heterocycles. The summed E-state index contributed by atoms with van der Waals surface area (Å²) in [6.07, 6.45) is 2.46. The molecule has 0 unspecified atom stereocenters. The third-order valence-electron chi connectivity index (χ3n) is 4.05. The van der Waals surface area contributed by atoms with E-state index >= 15 is 0 Å². The molecule has 1 fully saturated rings. The van der Waals surface area contributed by atoms with Crippen LogP contribution in [0.2, 0.25) is 0 Å². The fourth-order valence-electron chi connectivity index (χ4n) is 3.00. The Balaban J connectivity index is 1.85. The van der Waals surface area contributed by atoms with Crippen LogP contribution in [0.15, 0.2) is 24.3 Å². The molecule has 0 radical (unpaired) electrons. The van der Waals surface area contributed by atoms with Crippen LogP contribution in [-0.4, -0.2) is 37.2 Å². The Morgan fingerprint density at radius 1 is 1.24 bits per heavy atom. The highest BCUT2D eigenvalue weighted by atomic mass is 16.5. The fraction of sp³-hybridized carbons (Fsp3) is 0.667. The monoisotopic (exact) mass is 290 g/mol. The first kappa shape index (κ1) is 16.3. The van der Waals surface area contributed by atoms with E-state index in [1.54, 1.807) is 0 Å². The lowest BCUT2D eigenvalue weighted by atomic mass is 10.0. The third-order valence-corrected chi connectivity index (χ3v) is 4.05. The average Bonchev–Trinajstić information content (AvgIpc) is 2.48. The van der Waals surface area contributed by atoms with Crippen LogP contribution in [0.4, 0.5) is 5.69 Å². The Kier molecular flexibility index (Phi) is 6.52. The van der Waals surface area contributed by atoms with Crippen molar-refractivity contribution >= 4 is 5.69 Å². The summed E-state index contributed by atoms with van der Waals surface area (Å²) in [6, 6.07) is 9.12. The van der Waals surface area contributed by atoms with Crippen molar-refractivity contribution in [1.29, 1.82) is 0 Å². The number of hydrogen-bond donors (Lipinski definition) is 1. The highest BCUT2D eigenvalue weighted by Gasteiger charge is 2.20. The predicted octanol–water partition coefficient (Wildman–Crippen LogP) is 3.76. The Bertz CT molecular complexity index is 411. The maximum atomic E-state index is 5.56. The molecule has 1 aromatic carbocycles. The van der Waals surface area contributed by atoms with Gasteiger partial charge in [0.05, 0.1) is 6.61 Å². The van der Waals surface area contributed by atoms with Crippen molar-refractivity contribution in [3.8, 4) is 0 Å². The molecule has 0 spiro atoms. The minimum atomic E-state index is 0.594. The van der Waals surface area contributed by atoms with E-state index in [2.05, 4.69) is 48.3 Å². The number of ether oxygens (including phenoxy) is 1. The second-order valence-electron chi connectivity index (χ2n) is 6.41. The highest BCUT2D eigenvalue weighted by molar-refractivity contribution is 5.51. The van der Waals surface area contributed by atoms with E-state index < -0.39 is 0 Å². The topological polar surface area (TPSA) is 24.5 Å². The molecule has 3 heteroatoms. The SMILES string of the molecule is CCOCc1ccccc1NC1CCN(CC(C)C)CC1. The maximum Gasteiger partial charge on any atom is 0.0736 e. The molecule has 1 aromatic rings. The van der Waals surface area contributed by atoms with Crippen molar-refractivity contribution in [2.75, 3.05) is 31.6 Å². The van der Waals surface area contributed by atoms with E-state index in [1.165, 1.54) is 43.7 Å². The number of benzene rings is 1. The molecular formula is C18H30N2O.